The van der Waals surface area contributed by atoms with E-state index in [0.29, 0.717) is 30.2 Å². The molecule has 1 aromatic rings. The Morgan fingerprint density at radius 3 is 2.61 bits per heavy atom. The van der Waals surface area contributed by atoms with Gasteiger partial charge in [-0.1, -0.05) is 13.0 Å². The summed E-state index contributed by atoms with van der Waals surface area (Å²) in [6.45, 7) is 4.85. The molecule has 0 radical (unpaired) electrons. The van der Waals surface area contributed by atoms with E-state index in [1.54, 1.807) is 18.2 Å². The van der Waals surface area contributed by atoms with Crippen LogP contribution >= 0.6 is 0 Å². The molecule has 0 amide bonds. The van der Waals surface area contributed by atoms with Crippen molar-refractivity contribution < 1.29 is 19.4 Å². The van der Waals surface area contributed by atoms with E-state index >= 15 is 0 Å². The molecule has 0 aliphatic carbocycles. The molecule has 0 aliphatic rings. The Balaban J connectivity index is 3.05. The quantitative estimate of drug-likeness (QED) is 0.776. The van der Waals surface area contributed by atoms with E-state index < -0.39 is 12.0 Å². The molecule has 0 bridgehead atoms. The number of rotatable bonds is 7. The third kappa shape index (κ3) is 3.37. The first-order chi connectivity index (χ1) is 8.63. The second-order valence-corrected chi connectivity index (χ2v) is 3.67. The minimum Gasteiger partial charge on any atom is -0.493 e. The summed E-state index contributed by atoms with van der Waals surface area (Å²) in [5.74, 6) is 0.242. The highest BCUT2D eigenvalue weighted by Gasteiger charge is 2.20. The summed E-state index contributed by atoms with van der Waals surface area (Å²) in [7, 11) is 1.53. The number of hydrogen-bond donors (Lipinski definition) is 2. The Kier molecular flexibility index (Phi) is 5.45. The van der Waals surface area contributed by atoms with Crippen LogP contribution < -0.4 is 14.8 Å². The van der Waals surface area contributed by atoms with Crippen molar-refractivity contribution in [3.63, 3.8) is 0 Å². The maximum absolute atomic E-state index is 11.2. The molecule has 0 fully saturated rings. The summed E-state index contributed by atoms with van der Waals surface area (Å²) in [5, 5.41) is 12.1. The van der Waals surface area contributed by atoms with Gasteiger partial charge in [-0.2, -0.15) is 0 Å². The third-order valence-electron chi connectivity index (χ3n) is 2.48. The molecule has 0 saturated heterocycles. The molecule has 0 aliphatic heterocycles. The Morgan fingerprint density at radius 2 is 2.11 bits per heavy atom. The molecule has 0 spiro atoms. The van der Waals surface area contributed by atoms with Gasteiger partial charge in [-0.25, -0.2) is 0 Å². The predicted molar refractivity (Wildman–Crippen MR) is 68.2 cm³/mol. The van der Waals surface area contributed by atoms with Crippen molar-refractivity contribution in [3.8, 4) is 11.5 Å². The summed E-state index contributed by atoms with van der Waals surface area (Å²) in [6.07, 6.45) is 0. The summed E-state index contributed by atoms with van der Waals surface area (Å²) in [6, 6.07) is 4.41. The number of likely N-dealkylation sites (N-methyl/N-ethyl adjacent to an activating group) is 1. The van der Waals surface area contributed by atoms with E-state index in [-0.39, 0.29) is 0 Å². The molecule has 5 nitrogen and oxygen atoms in total. The Hall–Kier alpha value is -1.75. The van der Waals surface area contributed by atoms with Crippen molar-refractivity contribution in [3.05, 3.63) is 23.8 Å². The average Bonchev–Trinajstić information content (AvgIpc) is 2.36. The number of carbonyl (C=O) groups is 1. The standard InChI is InChI=1S/C13H19NO4/c1-4-14-12(13(15)16)9-6-7-10(18-5-2)11(8-9)17-3/h6-8,12,14H,4-5H2,1-3H3,(H,15,16). The maximum atomic E-state index is 11.2. The fourth-order valence-corrected chi connectivity index (χ4v) is 1.69. The molecule has 1 unspecified atom stereocenters. The van der Waals surface area contributed by atoms with Crippen molar-refractivity contribution >= 4 is 5.97 Å². The molecule has 100 valence electrons. The topological polar surface area (TPSA) is 67.8 Å². The van der Waals surface area contributed by atoms with Crippen LogP contribution in [-0.2, 0) is 4.79 Å². The Morgan fingerprint density at radius 1 is 1.39 bits per heavy atom. The molecule has 1 rings (SSSR count). The van der Waals surface area contributed by atoms with Crippen LogP contribution in [0.1, 0.15) is 25.5 Å². The molecule has 0 aromatic heterocycles. The number of methoxy groups -OCH3 is 1. The number of aliphatic carboxylic acids is 1. The number of ether oxygens (including phenoxy) is 2. The van der Waals surface area contributed by atoms with Crippen LogP contribution in [0, 0.1) is 0 Å². The number of nitrogens with one attached hydrogen (secondary N) is 1. The number of benzene rings is 1. The van der Waals surface area contributed by atoms with Crippen LogP contribution in [0.25, 0.3) is 0 Å². The van der Waals surface area contributed by atoms with E-state index in [4.69, 9.17) is 14.6 Å². The zero-order valence-electron chi connectivity index (χ0n) is 10.9. The van der Waals surface area contributed by atoms with Gasteiger partial charge in [0, 0.05) is 0 Å². The lowest BCUT2D eigenvalue weighted by Gasteiger charge is -2.16. The highest BCUT2D eigenvalue weighted by atomic mass is 16.5. The molecule has 5 heteroatoms. The van der Waals surface area contributed by atoms with Crippen LogP contribution in [0.5, 0.6) is 11.5 Å². The normalized spacial score (nSPS) is 11.9. The molecule has 1 atom stereocenters. The van der Waals surface area contributed by atoms with Gasteiger partial charge < -0.3 is 19.9 Å². The van der Waals surface area contributed by atoms with Gasteiger partial charge in [-0.3, -0.25) is 4.79 Å². The first-order valence-electron chi connectivity index (χ1n) is 5.90. The average molecular weight is 253 g/mol. The Bertz CT molecular complexity index is 406. The number of carboxylic acid groups (broad SMARTS) is 1. The van der Waals surface area contributed by atoms with Crippen molar-refractivity contribution in [2.75, 3.05) is 20.3 Å². The zero-order chi connectivity index (χ0) is 13.5. The van der Waals surface area contributed by atoms with E-state index in [0.717, 1.165) is 0 Å². The number of carboxylic acids is 1. The van der Waals surface area contributed by atoms with Crippen LogP contribution in [0.3, 0.4) is 0 Å². The largest absolute Gasteiger partial charge is 0.493 e. The molecule has 0 heterocycles. The van der Waals surface area contributed by atoms with Gasteiger partial charge in [0.05, 0.1) is 13.7 Å². The van der Waals surface area contributed by atoms with Crippen molar-refractivity contribution in [2.24, 2.45) is 0 Å². The van der Waals surface area contributed by atoms with E-state index in [9.17, 15) is 4.79 Å². The van der Waals surface area contributed by atoms with Gasteiger partial charge in [-0.15, -0.1) is 0 Å². The van der Waals surface area contributed by atoms with Crippen molar-refractivity contribution in [1.82, 2.24) is 5.32 Å². The zero-order valence-corrected chi connectivity index (χ0v) is 10.9. The third-order valence-corrected chi connectivity index (χ3v) is 2.48. The fraction of sp³-hybridized carbons (Fsp3) is 0.462. The summed E-state index contributed by atoms with van der Waals surface area (Å²) in [5.41, 5.74) is 0.643. The summed E-state index contributed by atoms with van der Waals surface area (Å²) >= 11 is 0. The van der Waals surface area contributed by atoms with Gasteiger partial charge in [-0.05, 0) is 31.2 Å². The SMILES string of the molecule is CCNC(C(=O)O)c1ccc(OCC)c(OC)c1. The lowest BCUT2D eigenvalue weighted by Crippen LogP contribution is -2.28. The van der Waals surface area contributed by atoms with Gasteiger partial charge in [0.2, 0.25) is 0 Å². The van der Waals surface area contributed by atoms with Crippen molar-refractivity contribution in [1.29, 1.82) is 0 Å². The number of hydrogen-bond acceptors (Lipinski definition) is 4. The molecule has 1 aromatic carbocycles. The minimum atomic E-state index is -0.914. The second-order valence-electron chi connectivity index (χ2n) is 3.67. The second kappa shape index (κ2) is 6.86. The highest BCUT2D eigenvalue weighted by molar-refractivity contribution is 5.76. The van der Waals surface area contributed by atoms with Crippen molar-refractivity contribution in [2.45, 2.75) is 19.9 Å². The first kappa shape index (κ1) is 14.3. The van der Waals surface area contributed by atoms with Gasteiger partial charge >= 0.3 is 5.97 Å². The molecular weight excluding hydrogens is 234 g/mol. The smallest absolute Gasteiger partial charge is 0.325 e. The van der Waals surface area contributed by atoms with E-state index in [1.807, 2.05) is 13.8 Å². The van der Waals surface area contributed by atoms with Gasteiger partial charge in [0.25, 0.3) is 0 Å². The van der Waals surface area contributed by atoms with E-state index in [2.05, 4.69) is 5.32 Å². The van der Waals surface area contributed by atoms with Crippen LogP contribution in [0.4, 0.5) is 0 Å². The maximum Gasteiger partial charge on any atom is 0.325 e. The molecule has 2 N–H and O–H groups in total. The minimum absolute atomic E-state index is 0.533. The fourth-order valence-electron chi connectivity index (χ4n) is 1.69. The van der Waals surface area contributed by atoms with Crippen LogP contribution in [0.2, 0.25) is 0 Å². The molecule has 18 heavy (non-hydrogen) atoms. The highest BCUT2D eigenvalue weighted by Crippen LogP contribution is 2.30. The summed E-state index contributed by atoms with van der Waals surface area (Å²) < 4.78 is 10.6. The lowest BCUT2D eigenvalue weighted by molar-refractivity contribution is -0.139. The summed E-state index contributed by atoms with van der Waals surface area (Å²) in [4.78, 5) is 11.2. The van der Waals surface area contributed by atoms with Crippen LogP contribution in [0.15, 0.2) is 18.2 Å². The van der Waals surface area contributed by atoms with Gasteiger partial charge in [0.1, 0.15) is 6.04 Å². The Labute approximate surface area is 107 Å². The lowest BCUT2D eigenvalue weighted by atomic mass is 10.1. The first-order valence-corrected chi connectivity index (χ1v) is 5.90. The van der Waals surface area contributed by atoms with Crippen LogP contribution in [-0.4, -0.2) is 31.3 Å². The monoisotopic (exact) mass is 253 g/mol. The molecule has 0 saturated carbocycles. The molecular formula is C13H19NO4. The predicted octanol–water partition coefficient (Wildman–Crippen LogP) is 1.83. The van der Waals surface area contributed by atoms with E-state index in [1.165, 1.54) is 7.11 Å². The van der Waals surface area contributed by atoms with Gasteiger partial charge in [0.15, 0.2) is 11.5 Å².